The summed E-state index contributed by atoms with van der Waals surface area (Å²) in [5.41, 5.74) is 0. The highest BCUT2D eigenvalue weighted by atomic mass is 19.1. The van der Waals surface area contributed by atoms with Crippen LogP contribution in [0, 0.1) is 0 Å². The molecular weight excluding hydrogens is 133 g/mol. The van der Waals surface area contributed by atoms with Gasteiger partial charge in [0, 0.05) is 6.54 Å². The van der Waals surface area contributed by atoms with Gasteiger partial charge in [-0.25, -0.2) is 4.39 Å². The summed E-state index contributed by atoms with van der Waals surface area (Å²) >= 11 is 0. The molecule has 1 unspecified atom stereocenters. The monoisotopic (exact) mass is 147 g/mol. The van der Waals surface area contributed by atoms with E-state index >= 15 is 0 Å². The Balaban J connectivity index is 2.95. The van der Waals surface area contributed by atoms with Crippen LogP contribution in [0.15, 0.2) is 0 Å². The Morgan fingerprint density at radius 2 is 2.40 bits per heavy atom. The molecule has 0 aliphatic carbocycles. The standard InChI is InChI=1S/C7H14FNO/c1-2-7(8)4-3-5-9-6-10/h6-7H,2-5H2,1H3,(H,9,10). The van der Waals surface area contributed by atoms with Gasteiger partial charge >= 0.3 is 0 Å². The normalized spacial score (nSPS) is 12.6. The topological polar surface area (TPSA) is 29.1 Å². The molecule has 0 radical (unpaired) electrons. The molecule has 60 valence electrons. The number of hydrogen-bond donors (Lipinski definition) is 1. The molecule has 0 aromatic rings. The Morgan fingerprint density at radius 3 is 2.90 bits per heavy atom. The van der Waals surface area contributed by atoms with Gasteiger partial charge in [0.2, 0.25) is 6.41 Å². The van der Waals surface area contributed by atoms with Crippen LogP contribution in [0.4, 0.5) is 4.39 Å². The third-order valence-electron chi connectivity index (χ3n) is 1.36. The number of halogens is 1. The maximum Gasteiger partial charge on any atom is 0.207 e. The van der Waals surface area contributed by atoms with Crippen LogP contribution in [0.3, 0.4) is 0 Å². The van der Waals surface area contributed by atoms with Gasteiger partial charge in [0.25, 0.3) is 0 Å². The zero-order valence-corrected chi connectivity index (χ0v) is 6.27. The fraction of sp³-hybridized carbons (Fsp3) is 0.857. The zero-order chi connectivity index (χ0) is 7.82. The molecule has 0 rings (SSSR count). The van der Waals surface area contributed by atoms with E-state index in [1.54, 1.807) is 0 Å². The second-order valence-corrected chi connectivity index (χ2v) is 2.22. The Hall–Kier alpha value is -0.600. The Kier molecular flexibility index (Phi) is 6.13. The van der Waals surface area contributed by atoms with Crippen molar-refractivity contribution in [1.82, 2.24) is 5.32 Å². The summed E-state index contributed by atoms with van der Waals surface area (Å²) < 4.78 is 12.4. The minimum atomic E-state index is -0.701. The lowest BCUT2D eigenvalue weighted by Gasteiger charge is -2.02. The largest absolute Gasteiger partial charge is 0.359 e. The van der Waals surface area contributed by atoms with Gasteiger partial charge in [0.15, 0.2) is 0 Å². The van der Waals surface area contributed by atoms with Crippen molar-refractivity contribution in [2.45, 2.75) is 32.4 Å². The van der Waals surface area contributed by atoms with Crippen molar-refractivity contribution >= 4 is 6.41 Å². The molecule has 0 saturated heterocycles. The van der Waals surface area contributed by atoms with Crippen LogP contribution in [0.25, 0.3) is 0 Å². The quantitative estimate of drug-likeness (QED) is 0.444. The van der Waals surface area contributed by atoms with Crippen molar-refractivity contribution in [2.75, 3.05) is 6.54 Å². The van der Waals surface area contributed by atoms with Crippen molar-refractivity contribution in [3.63, 3.8) is 0 Å². The summed E-state index contributed by atoms with van der Waals surface area (Å²) in [5.74, 6) is 0. The van der Waals surface area contributed by atoms with Crippen molar-refractivity contribution in [3.05, 3.63) is 0 Å². The second kappa shape index (κ2) is 6.52. The van der Waals surface area contributed by atoms with Gasteiger partial charge in [-0.1, -0.05) is 6.92 Å². The zero-order valence-electron chi connectivity index (χ0n) is 6.27. The van der Waals surface area contributed by atoms with E-state index in [-0.39, 0.29) is 0 Å². The summed E-state index contributed by atoms with van der Waals surface area (Å²) in [4.78, 5) is 9.71. The third kappa shape index (κ3) is 5.54. The Bertz CT molecular complexity index is 87.7. The van der Waals surface area contributed by atoms with E-state index in [9.17, 15) is 9.18 Å². The smallest absolute Gasteiger partial charge is 0.207 e. The van der Waals surface area contributed by atoms with Gasteiger partial charge in [-0.2, -0.15) is 0 Å². The summed E-state index contributed by atoms with van der Waals surface area (Å²) in [6.07, 6.45) is 1.79. The first kappa shape index (κ1) is 9.40. The van der Waals surface area contributed by atoms with Crippen LogP contribution >= 0.6 is 0 Å². The predicted molar refractivity (Wildman–Crippen MR) is 38.5 cm³/mol. The van der Waals surface area contributed by atoms with Crippen LogP contribution in [0.5, 0.6) is 0 Å². The molecule has 10 heavy (non-hydrogen) atoms. The minimum Gasteiger partial charge on any atom is -0.359 e. The van der Waals surface area contributed by atoms with Crippen molar-refractivity contribution < 1.29 is 9.18 Å². The van der Waals surface area contributed by atoms with E-state index < -0.39 is 6.17 Å². The molecule has 0 saturated carbocycles. The molecule has 0 bridgehead atoms. The van der Waals surface area contributed by atoms with E-state index in [1.165, 1.54) is 0 Å². The summed E-state index contributed by atoms with van der Waals surface area (Å²) in [6.45, 7) is 2.40. The van der Waals surface area contributed by atoms with Crippen molar-refractivity contribution in [1.29, 1.82) is 0 Å². The van der Waals surface area contributed by atoms with Crippen LogP contribution in [-0.2, 0) is 4.79 Å². The first-order valence-electron chi connectivity index (χ1n) is 3.62. The van der Waals surface area contributed by atoms with E-state index in [0.29, 0.717) is 25.8 Å². The van der Waals surface area contributed by atoms with Crippen LogP contribution in [0.1, 0.15) is 26.2 Å². The van der Waals surface area contributed by atoms with E-state index in [4.69, 9.17) is 0 Å². The lowest BCUT2D eigenvalue weighted by molar-refractivity contribution is -0.109. The number of carbonyl (C=O) groups is 1. The molecular formula is C7H14FNO. The molecule has 0 spiro atoms. The molecule has 3 heteroatoms. The number of amides is 1. The molecule has 0 aromatic carbocycles. The second-order valence-electron chi connectivity index (χ2n) is 2.22. The predicted octanol–water partition coefficient (Wildman–Crippen LogP) is 1.26. The molecule has 0 fully saturated rings. The van der Waals surface area contributed by atoms with Gasteiger partial charge in [0.05, 0.1) is 6.17 Å². The van der Waals surface area contributed by atoms with Crippen LogP contribution in [0.2, 0.25) is 0 Å². The number of carbonyl (C=O) groups excluding carboxylic acids is 1. The highest BCUT2D eigenvalue weighted by molar-refractivity contribution is 5.45. The van der Waals surface area contributed by atoms with Gasteiger partial charge in [-0.3, -0.25) is 4.79 Å². The maximum atomic E-state index is 12.4. The fourth-order valence-electron chi connectivity index (χ4n) is 0.689. The molecule has 2 nitrogen and oxygen atoms in total. The molecule has 0 aliphatic heterocycles. The molecule has 1 amide bonds. The summed E-state index contributed by atoms with van der Waals surface area (Å²) in [5, 5.41) is 2.48. The Morgan fingerprint density at radius 1 is 1.70 bits per heavy atom. The number of nitrogens with one attached hydrogen (secondary N) is 1. The molecule has 1 atom stereocenters. The lowest BCUT2D eigenvalue weighted by Crippen LogP contribution is -2.13. The molecule has 0 aliphatic rings. The van der Waals surface area contributed by atoms with Gasteiger partial charge in [-0.05, 0) is 19.3 Å². The minimum absolute atomic E-state index is 0.553. The van der Waals surface area contributed by atoms with Crippen molar-refractivity contribution in [3.8, 4) is 0 Å². The first-order valence-corrected chi connectivity index (χ1v) is 3.62. The lowest BCUT2D eigenvalue weighted by atomic mass is 10.2. The maximum absolute atomic E-state index is 12.4. The number of rotatable bonds is 6. The molecule has 0 heterocycles. The molecule has 0 aromatic heterocycles. The Labute approximate surface area is 60.8 Å². The van der Waals surface area contributed by atoms with Gasteiger partial charge in [0.1, 0.15) is 0 Å². The van der Waals surface area contributed by atoms with Crippen LogP contribution in [-0.4, -0.2) is 19.1 Å². The number of alkyl halides is 1. The average molecular weight is 147 g/mol. The van der Waals surface area contributed by atoms with Crippen molar-refractivity contribution in [2.24, 2.45) is 0 Å². The van der Waals surface area contributed by atoms with E-state index in [2.05, 4.69) is 5.32 Å². The highest BCUT2D eigenvalue weighted by Gasteiger charge is 2.00. The summed E-state index contributed by atoms with van der Waals surface area (Å²) in [7, 11) is 0. The SMILES string of the molecule is CCC(F)CCCNC=O. The van der Waals surface area contributed by atoms with Crippen LogP contribution < -0.4 is 5.32 Å². The molecule has 1 N–H and O–H groups in total. The fourth-order valence-corrected chi connectivity index (χ4v) is 0.689. The highest BCUT2D eigenvalue weighted by Crippen LogP contribution is 2.04. The van der Waals surface area contributed by atoms with E-state index in [0.717, 1.165) is 6.42 Å². The van der Waals surface area contributed by atoms with Gasteiger partial charge < -0.3 is 5.32 Å². The van der Waals surface area contributed by atoms with Gasteiger partial charge in [-0.15, -0.1) is 0 Å². The summed E-state index contributed by atoms with van der Waals surface area (Å²) in [6, 6.07) is 0. The average Bonchev–Trinajstić information content (AvgIpc) is 1.98. The first-order chi connectivity index (χ1) is 4.81. The third-order valence-corrected chi connectivity index (χ3v) is 1.36. The number of hydrogen-bond acceptors (Lipinski definition) is 1. The van der Waals surface area contributed by atoms with E-state index in [1.807, 2.05) is 6.92 Å².